The molecule has 0 bridgehead atoms. The summed E-state index contributed by atoms with van der Waals surface area (Å²) in [7, 11) is 1.84. The molecule has 0 aliphatic rings. The number of aryl methyl sites for hydroxylation is 1. The summed E-state index contributed by atoms with van der Waals surface area (Å²) in [5, 5.41) is 5.15. The number of nitrogens with two attached hydrogens (primary N) is 1. The number of benzene rings is 1. The van der Waals surface area contributed by atoms with Crippen molar-refractivity contribution in [2.24, 2.45) is 12.8 Å². The van der Waals surface area contributed by atoms with Crippen molar-refractivity contribution in [1.29, 1.82) is 0 Å². The van der Waals surface area contributed by atoms with Crippen molar-refractivity contribution in [3.05, 3.63) is 46.2 Å². The summed E-state index contributed by atoms with van der Waals surface area (Å²) in [5.74, 6) is 0.590. The van der Waals surface area contributed by atoms with Gasteiger partial charge in [0.2, 0.25) is 0 Å². The van der Waals surface area contributed by atoms with Crippen LogP contribution in [0.5, 0.6) is 5.75 Å². The zero-order valence-electron chi connectivity index (χ0n) is 9.81. The molecule has 2 aromatic rings. The average molecular weight is 286 g/mol. The number of ether oxygens (including phenoxy) is 1. The van der Waals surface area contributed by atoms with Crippen LogP contribution < -0.4 is 10.5 Å². The lowest BCUT2D eigenvalue weighted by Crippen LogP contribution is -2.18. The van der Waals surface area contributed by atoms with Gasteiger partial charge in [-0.2, -0.15) is 5.10 Å². The van der Waals surface area contributed by atoms with Crippen LogP contribution in [0.3, 0.4) is 0 Å². The molecule has 0 aliphatic heterocycles. The maximum Gasteiger partial charge on any atom is 0.139 e. The van der Waals surface area contributed by atoms with E-state index in [0.717, 1.165) is 5.56 Å². The topological polar surface area (TPSA) is 53.1 Å². The normalized spacial score (nSPS) is 12.4. The zero-order valence-corrected chi connectivity index (χ0v) is 11.3. The van der Waals surface area contributed by atoms with E-state index in [2.05, 4.69) is 5.10 Å². The summed E-state index contributed by atoms with van der Waals surface area (Å²) < 4.78 is 7.48. The van der Waals surface area contributed by atoms with E-state index in [9.17, 15) is 0 Å². The van der Waals surface area contributed by atoms with E-state index in [-0.39, 0.29) is 6.10 Å². The fraction of sp³-hybridized carbons (Fsp3) is 0.250. The molecule has 0 amide bonds. The van der Waals surface area contributed by atoms with E-state index >= 15 is 0 Å². The molecule has 96 valence electrons. The highest BCUT2D eigenvalue weighted by atomic mass is 35.5. The first-order chi connectivity index (χ1) is 8.58. The Morgan fingerprint density at radius 2 is 2.00 bits per heavy atom. The number of hydrogen-bond acceptors (Lipinski definition) is 3. The second-order valence-corrected chi connectivity index (χ2v) is 4.77. The van der Waals surface area contributed by atoms with Gasteiger partial charge in [0.25, 0.3) is 0 Å². The average Bonchev–Trinajstić information content (AvgIpc) is 2.71. The maximum atomic E-state index is 5.91. The molecule has 2 N–H and O–H groups in total. The Kier molecular flexibility index (Phi) is 4.11. The van der Waals surface area contributed by atoms with Crippen LogP contribution in [0.2, 0.25) is 10.0 Å². The van der Waals surface area contributed by atoms with Crippen LogP contribution in [0.4, 0.5) is 0 Å². The number of hydrogen-bond donors (Lipinski definition) is 1. The number of nitrogens with zero attached hydrogens (tertiary/aromatic N) is 2. The van der Waals surface area contributed by atoms with Gasteiger partial charge in [-0.05, 0) is 18.2 Å². The molecule has 1 atom stereocenters. The molecule has 2 rings (SSSR count). The molecule has 18 heavy (non-hydrogen) atoms. The third-order valence-electron chi connectivity index (χ3n) is 2.43. The second kappa shape index (κ2) is 5.61. The molecule has 1 aromatic carbocycles. The summed E-state index contributed by atoms with van der Waals surface area (Å²) in [6.07, 6.45) is 3.32. The van der Waals surface area contributed by atoms with Gasteiger partial charge in [0.15, 0.2) is 0 Å². The van der Waals surface area contributed by atoms with E-state index in [1.807, 2.05) is 13.2 Å². The minimum atomic E-state index is -0.270. The Bertz CT molecular complexity index is 522. The molecular formula is C12H13Cl2N3O. The first-order valence-corrected chi connectivity index (χ1v) is 6.15. The zero-order chi connectivity index (χ0) is 13.1. The van der Waals surface area contributed by atoms with Gasteiger partial charge in [-0.25, -0.2) is 0 Å². The summed E-state index contributed by atoms with van der Waals surface area (Å²) >= 11 is 11.8. The first kappa shape index (κ1) is 13.2. The number of halogens is 2. The highest BCUT2D eigenvalue weighted by Crippen LogP contribution is 2.27. The van der Waals surface area contributed by atoms with Crippen molar-refractivity contribution in [3.63, 3.8) is 0 Å². The maximum absolute atomic E-state index is 5.91. The molecule has 1 heterocycles. The Hall–Kier alpha value is -1.23. The molecule has 0 fully saturated rings. The molecule has 0 aliphatic carbocycles. The van der Waals surface area contributed by atoms with Crippen LogP contribution in [0.15, 0.2) is 30.6 Å². The highest BCUT2D eigenvalue weighted by Gasteiger charge is 2.14. The molecule has 0 spiro atoms. The fourth-order valence-electron chi connectivity index (χ4n) is 1.62. The number of aromatic nitrogens is 2. The van der Waals surface area contributed by atoms with E-state index in [1.165, 1.54) is 0 Å². The predicted octanol–water partition coefficient (Wildman–Crippen LogP) is 2.81. The molecular weight excluding hydrogens is 273 g/mol. The summed E-state index contributed by atoms with van der Waals surface area (Å²) in [4.78, 5) is 0. The van der Waals surface area contributed by atoms with E-state index < -0.39 is 0 Å². The van der Waals surface area contributed by atoms with Gasteiger partial charge in [-0.3, -0.25) is 4.68 Å². The monoisotopic (exact) mass is 285 g/mol. The Balaban J connectivity index is 2.20. The van der Waals surface area contributed by atoms with Crippen molar-refractivity contribution >= 4 is 23.2 Å². The molecule has 0 radical (unpaired) electrons. The minimum Gasteiger partial charge on any atom is -0.484 e. The van der Waals surface area contributed by atoms with Crippen molar-refractivity contribution in [1.82, 2.24) is 9.78 Å². The van der Waals surface area contributed by atoms with Crippen LogP contribution in [0, 0.1) is 0 Å². The van der Waals surface area contributed by atoms with Crippen molar-refractivity contribution < 1.29 is 4.74 Å². The Labute approximate surface area is 115 Å². The first-order valence-electron chi connectivity index (χ1n) is 5.40. The van der Waals surface area contributed by atoms with Crippen LogP contribution in [-0.2, 0) is 7.05 Å². The van der Waals surface area contributed by atoms with Gasteiger partial charge in [0.1, 0.15) is 11.9 Å². The second-order valence-electron chi connectivity index (χ2n) is 3.89. The molecule has 4 nitrogen and oxygen atoms in total. The fourth-order valence-corrected chi connectivity index (χ4v) is 2.13. The quantitative estimate of drug-likeness (QED) is 0.940. The molecule has 1 unspecified atom stereocenters. The third kappa shape index (κ3) is 3.16. The van der Waals surface area contributed by atoms with Gasteiger partial charge in [0.05, 0.1) is 6.20 Å². The Morgan fingerprint density at radius 1 is 1.33 bits per heavy atom. The van der Waals surface area contributed by atoms with Crippen LogP contribution in [0.25, 0.3) is 0 Å². The third-order valence-corrected chi connectivity index (χ3v) is 2.86. The van der Waals surface area contributed by atoms with Crippen LogP contribution >= 0.6 is 23.2 Å². The van der Waals surface area contributed by atoms with E-state index in [0.29, 0.717) is 22.3 Å². The van der Waals surface area contributed by atoms with Gasteiger partial charge in [-0.1, -0.05) is 23.2 Å². The minimum absolute atomic E-state index is 0.270. The lowest BCUT2D eigenvalue weighted by Gasteiger charge is -2.16. The summed E-state index contributed by atoms with van der Waals surface area (Å²) in [6, 6.07) is 5.05. The van der Waals surface area contributed by atoms with Crippen molar-refractivity contribution in [3.8, 4) is 5.75 Å². The molecule has 0 saturated carbocycles. The Morgan fingerprint density at radius 3 is 2.50 bits per heavy atom. The van der Waals surface area contributed by atoms with Crippen molar-refractivity contribution in [2.75, 3.05) is 6.54 Å². The number of rotatable bonds is 4. The lowest BCUT2D eigenvalue weighted by atomic mass is 10.2. The molecule has 1 aromatic heterocycles. The van der Waals surface area contributed by atoms with E-state index in [4.69, 9.17) is 33.7 Å². The highest BCUT2D eigenvalue weighted by molar-refractivity contribution is 6.34. The SMILES string of the molecule is Cn1cc(C(CN)Oc2cc(Cl)cc(Cl)c2)cn1. The van der Waals surface area contributed by atoms with E-state index in [1.54, 1.807) is 29.1 Å². The van der Waals surface area contributed by atoms with Crippen molar-refractivity contribution in [2.45, 2.75) is 6.10 Å². The van der Waals surface area contributed by atoms with Gasteiger partial charge in [-0.15, -0.1) is 0 Å². The van der Waals surface area contributed by atoms with Crippen LogP contribution in [0.1, 0.15) is 11.7 Å². The summed E-state index contributed by atoms with van der Waals surface area (Å²) in [6.45, 7) is 0.343. The van der Waals surface area contributed by atoms with Gasteiger partial charge < -0.3 is 10.5 Å². The molecule has 6 heteroatoms. The van der Waals surface area contributed by atoms with Gasteiger partial charge >= 0.3 is 0 Å². The largest absolute Gasteiger partial charge is 0.484 e. The standard InChI is InChI=1S/C12H13Cl2N3O/c1-17-7-8(6-16-17)12(5-15)18-11-3-9(13)2-10(14)4-11/h2-4,6-7,12H,5,15H2,1H3. The predicted molar refractivity (Wildman–Crippen MR) is 72.1 cm³/mol. The lowest BCUT2D eigenvalue weighted by molar-refractivity contribution is 0.214. The molecule has 0 saturated heterocycles. The summed E-state index contributed by atoms with van der Waals surface area (Å²) in [5.41, 5.74) is 6.62. The van der Waals surface area contributed by atoms with Gasteiger partial charge in [0, 0.05) is 35.4 Å². The smallest absolute Gasteiger partial charge is 0.139 e. The van der Waals surface area contributed by atoms with Crippen LogP contribution in [-0.4, -0.2) is 16.3 Å².